The van der Waals surface area contributed by atoms with Crippen molar-refractivity contribution in [2.24, 2.45) is 5.73 Å². The van der Waals surface area contributed by atoms with Crippen LogP contribution in [0.4, 0.5) is 0 Å². The van der Waals surface area contributed by atoms with Crippen molar-refractivity contribution in [3.8, 4) is 0 Å². The van der Waals surface area contributed by atoms with Crippen molar-refractivity contribution in [3.05, 3.63) is 34.7 Å². The molecule has 6 nitrogen and oxygen atoms in total. The van der Waals surface area contributed by atoms with E-state index in [0.717, 1.165) is 36.8 Å². The van der Waals surface area contributed by atoms with E-state index < -0.39 is 0 Å². The Balaban J connectivity index is 0.00000208. The summed E-state index contributed by atoms with van der Waals surface area (Å²) < 4.78 is 3.29. The van der Waals surface area contributed by atoms with Crippen LogP contribution in [0.25, 0.3) is 11.0 Å². The maximum Gasteiger partial charge on any atom is 0.329 e. The van der Waals surface area contributed by atoms with E-state index in [2.05, 4.69) is 0 Å². The second-order valence-corrected chi connectivity index (χ2v) is 6.07. The van der Waals surface area contributed by atoms with E-state index in [0.29, 0.717) is 13.1 Å². The van der Waals surface area contributed by atoms with Gasteiger partial charge in [-0.3, -0.25) is 13.9 Å². The Morgan fingerprint density at radius 3 is 2.50 bits per heavy atom. The summed E-state index contributed by atoms with van der Waals surface area (Å²) in [6.45, 7) is 3.84. The minimum absolute atomic E-state index is 0. The summed E-state index contributed by atoms with van der Waals surface area (Å²) >= 11 is 0. The zero-order chi connectivity index (χ0) is 16.4. The lowest BCUT2D eigenvalue weighted by atomic mass is 10.0. The van der Waals surface area contributed by atoms with Gasteiger partial charge in [0.25, 0.3) is 0 Å². The van der Waals surface area contributed by atoms with E-state index in [-0.39, 0.29) is 36.6 Å². The second-order valence-electron chi connectivity index (χ2n) is 6.07. The lowest BCUT2D eigenvalue weighted by Crippen LogP contribution is -2.49. The van der Waals surface area contributed by atoms with Gasteiger partial charge in [-0.1, -0.05) is 12.1 Å². The van der Waals surface area contributed by atoms with Crippen LogP contribution in [-0.2, 0) is 17.9 Å². The van der Waals surface area contributed by atoms with Crippen LogP contribution < -0.4 is 11.4 Å². The minimum Gasteiger partial charge on any atom is -0.337 e. The van der Waals surface area contributed by atoms with Gasteiger partial charge in [0, 0.05) is 25.7 Å². The van der Waals surface area contributed by atoms with Crippen molar-refractivity contribution >= 4 is 29.3 Å². The Morgan fingerprint density at radius 2 is 1.88 bits per heavy atom. The summed E-state index contributed by atoms with van der Waals surface area (Å²) in [5.74, 6) is -0.0127. The Bertz CT molecular complexity index is 768. The average molecular weight is 353 g/mol. The summed E-state index contributed by atoms with van der Waals surface area (Å²) in [7, 11) is 0. The number of fused-ring (bicyclic) bond motifs is 1. The number of piperidine rings is 1. The molecule has 0 spiro atoms. The Labute approximate surface area is 147 Å². The molecule has 0 bridgehead atoms. The van der Waals surface area contributed by atoms with Crippen LogP contribution in [0.1, 0.15) is 26.2 Å². The quantitative estimate of drug-likeness (QED) is 0.908. The van der Waals surface area contributed by atoms with E-state index in [1.165, 1.54) is 0 Å². The predicted octanol–water partition coefficient (Wildman–Crippen LogP) is 1.58. The third-order valence-electron chi connectivity index (χ3n) is 4.75. The molecule has 0 radical (unpaired) electrons. The summed E-state index contributed by atoms with van der Waals surface area (Å²) in [6, 6.07) is 7.73. The number of aromatic nitrogens is 2. The first-order valence-corrected chi connectivity index (χ1v) is 8.35. The molecule has 2 N–H and O–H groups in total. The molecule has 1 saturated heterocycles. The molecule has 1 aromatic heterocycles. The molecule has 24 heavy (non-hydrogen) atoms. The first kappa shape index (κ1) is 18.5. The highest BCUT2D eigenvalue weighted by Crippen LogP contribution is 2.18. The number of amides is 1. The molecule has 1 aliphatic heterocycles. The molecule has 2 heterocycles. The second kappa shape index (κ2) is 7.85. The van der Waals surface area contributed by atoms with Crippen LogP contribution in [0.15, 0.2) is 29.1 Å². The summed E-state index contributed by atoms with van der Waals surface area (Å²) in [6.07, 6.45) is 3.07. The molecule has 1 fully saturated rings. The maximum absolute atomic E-state index is 12.7. The number of imidazole rings is 1. The molecule has 1 unspecified atom stereocenters. The molecular weight excluding hydrogens is 328 g/mol. The third-order valence-corrected chi connectivity index (χ3v) is 4.75. The lowest BCUT2D eigenvalue weighted by Gasteiger charge is -2.35. The Kier molecular flexibility index (Phi) is 6.07. The van der Waals surface area contributed by atoms with Gasteiger partial charge in [0.1, 0.15) is 6.54 Å². The molecular formula is C17H25ClN4O2. The Hall–Kier alpha value is -1.79. The van der Waals surface area contributed by atoms with Gasteiger partial charge >= 0.3 is 5.69 Å². The molecule has 1 aliphatic rings. The molecule has 132 valence electrons. The van der Waals surface area contributed by atoms with Gasteiger partial charge in [-0.25, -0.2) is 4.79 Å². The number of carbonyl (C=O) groups is 1. The van der Waals surface area contributed by atoms with Crippen molar-refractivity contribution in [2.75, 3.05) is 13.1 Å². The average Bonchev–Trinajstić information content (AvgIpc) is 2.86. The number of nitrogens with zero attached hydrogens (tertiary/aromatic N) is 3. The molecule has 2 aromatic rings. The van der Waals surface area contributed by atoms with E-state index in [1.54, 1.807) is 9.13 Å². The van der Waals surface area contributed by atoms with Crippen molar-refractivity contribution in [3.63, 3.8) is 0 Å². The molecule has 0 aliphatic carbocycles. The number of aryl methyl sites for hydroxylation is 1. The van der Waals surface area contributed by atoms with E-state index >= 15 is 0 Å². The van der Waals surface area contributed by atoms with E-state index in [9.17, 15) is 9.59 Å². The maximum atomic E-state index is 12.7. The zero-order valence-corrected chi connectivity index (χ0v) is 14.8. The largest absolute Gasteiger partial charge is 0.337 e. The van der Waals surface area contributed by atoms with Crippen molar-refractivity contribution in [2.45, 2.75) is 45.3 Å². The van der Waals surface area contributed by atoms with Crippen LogP contribution >= 0.6 is 12.4 Å². The minimum atomic E-state index is -0.122. The summed E-state index contributed by atoms with van der Waals surface area (Å²) in [4.78, 5) is 27.2. The molecule has 0 saturated carbocycles. The summed E-state index contributed by atoms with van der Waals surface area (Å²) in [5, 5.41) is 0. The van der Waals surface area contributed by atoms with Gasteiger partial charge in [-0.05, 0) is 38.3 Å². The predicted molar refractivity (Wildman–Crippen MR) is 97.5 cm³/mol. The number of carbonyl (C=O) groups excluding carboxylic acids is 1. The topological polar surface area (TPSA) is 73.3 Å². The zero-order valence-electron chi connectivity index (χ0n) is 14.0. The highest BCUT2D eigenvalue weighted by atomic mass is 35.5. The van der Waals surface area contributed by atoms with Gasteiger partial charge in [0.15, 0.2) is 0 Å². The first-order valence-electron chi connectivity index (χ1n) is 8.35. The normalized spacial score (nSPS) is 17.8. The molecule has 1 aromatic carbocycles. The molecule has 7 heteroatoms. The van der Waals surface area contributed by atoms with Gasteiger partial charge < -0.3 is 10.6 Å². The van der Waals surface area contributed by atoms with Gasteiger partial charge in [0.05, 0.1) is 11.0 Å². The number of likely N-dealkylation sites (tertiary alicyclic amines) is 1. The Morgan fingerprint density at radius 1 is 1.21 bits per heavy atom. The fourth-order valence-corrected chi connectivity index (χ4v) is 3.53. The SMILES string of the molecule is CCn1c(=O)n(CC(=O)N2CCCCC2CN)c2ccccc21.Cl. The van der Waals surface area contributed by atoms with Crippen LogP contribution in [0.3, 0.4) is 0 Å². The van der Waals surface area contributed by atoms with Crippen LogP contribution in [0, 0.1) is 0 Å². The van der Waals surface area contributed by atoms with Crippen molar-refractivity contribution < 1.29 is 4.79 Å². The number of rotatable bonds is 4. The number of hydrogen-bond donors (Lipinski definition) is 1. The van der Waals surface area contributed by atoms with E-state index in [4.69, 9.17) is 5.73 Å². The van der Waals surface area contributed by atoms with Crippen LogP contribution in [-0.4, -0.2) is 39.1 Å². The van der Waals surface area contributed by atoms with Gasteiger partial charge in [0.2, 0.25) is 5.91 Å². The summed E-state index contributed by atoms with van der Waals surface area (Å²) in [5.41, 5.74) is 7.37. The van der Waals surface area contributed by atoms with E-state index in [1.807, 2.05) is 36.1 Å². The fourth-order valence-electron chi connectivity index (χ4n) is 3.53. The molecule has 1 amide bonds. The number of nitrogens with two attached hydrogens (primary N) is 1. The number of benzene rings is 1. The van der Waals surface area contributed by atoms with Crippen molar-refractivity contribution in [1.82, 2.24) is 14.0 Å². The highest BCUT2D eigenvalue weighted by molar-refractivity contribution is 5.85. The van der Waals surface area contributed by atoms with Crippen LogP contribution in [0.2, 0.25) is 0 Å². The monoisotopic (exact) mass is 352 g/mol. The van der Waals surface area contributed by atoms with Crippen LogP contribution in [0.5, 0.6) is 0 Å². The molecule has 3 rings (SSSR count). The van der Waals surface area contributed by atoms with Crippen molar-refractivity contribution in [1.29, 1.82) is 0 Å². The molecule has 1 atom stereocenters. The fraction of sp³-hybridized carbons (Fsp3) is 0.529. The number of hydrogen-bond acceptors (Lipinski definition) is 3. The van der Waals surface area contributed by atoms with Gasteiger partial charge in [-0.15, -0.1) is 12.4 Å². The smallest absolute Gasteiger partial charge is 0.329 e. The lowest BCUT2D eigenvalue weighted by molar-refractivity contribution is -0.135. The standard InChI is InChI=1S/C17H24N4O2.ClH/c1-2-19-14-8-3-4-9-15(14)21(17(19)23)12-16(22)20-10-6-5-7-13(20)11-18;/h3-4,8-9,13H,2,5-7,10-12,18H2,1H3;1H. The third kappa shape index (κ3) is 3.21. The first-order chi connectivity index (χ1) is 11.2. The highest BCUT2D eigenvalue weighted by Gasteiger charge is 2.26. The van der Waals surface area contributed by atoms with Gasteiger partial charge in [-0.2, -0.15) is 0 Å². The number of para-hydroxylation sites is 2. The number of halogens is 1.